The van der Waals surface area contributed by atoms with E-state index in [4.69, 9.17) is 4.42 Å². The highest BCUT2D eigenvalue weighted by Crippen LogP contribution is 2.44. The lowest BCUT2D eigenvalue weighted by Crippen LogP contribution is -2.09. The van der Waals surface area contributed by atoms with Crippen LogP contribution in [0.1, 0.15) is 0 Å². The minimum atomic E-state index is 0.886. The Morgan fingerprint density at radius 3 is 1.66 bits per heavy atom. The molecule has 0 amide bonds. The van der Waals surface area contributed by atoms with E-state index >= 15 is 0 Å². The van der Waals surface area contributed by atoms with Crippen molar-refractivity contribution in [1.29, 1.82) is 0 Å². The average molecular weight is 759 g/mol. The molecule has 0 saturated carbocycles. The van der Waals surface area contributed by atoms with Crippen LogP contribution in [0.3, 0.4) is 0 Å². The maximum atomic E-state index is 6.68. The zero-order chi connectivity index (χ0) is 38.2. The van der Waals surface area contributed by atoms with Crippen LogP contribution in [0.2, 0.25) is 0 Å². The zero-order valence-electron chi connectivity index (χ0n) is 31.3. The Labute approximate surface area is 338 Å². The average Bonchev–Trinajstić information content (AvgIpc) is 3.97. The van der Waals surface area contributed by atoms with Crippen molar-refractivity contribution in [1.82, 2.24) is 4.57 Å². The number of para-hydroxylation sites is 4. The van der Waals surface area contributed by atoms with Gasteiger partial charge in [0, 0.05) is 70.0 Å². The van der Waals surface area contributed by atoms with Crippen LogP contribution in [0.4, 0.5) is 17.1 Å². The molecule has 0 fully saturated rings. The van der Waals surface area contributed by atoms with Crippen LogP contribution in [0.25, 0.3) is 91.9 Å². The van der Waals surface area contributed by atoms with E-state index in [0.29, 0.717) is 0 Å². The lowest BCUT2D eigenvalue weighted by atomic mass is 9.99. The third-order valence-corrected chi connectivity index (χ3v) is 12.7. The summed E-state index contributed by atoms with van der Waals surface area (Å²) in [7, 11) is 0. The third kappa shape index (κ3) is 5.12. The lowest BCUT2D eigenvalue weighted by Gasteiger charge is -2.26. The van der Waals surface area contributed by atoms with Gasteiger partial charge in [0.25, 0.3) is 0 Å². The van der Waals surface area contributed by atoms with Gasteiger partial charge >= 0.3 is 0 Å². The zero-order valence-corrected chi connectivity index (χ0v) is 32.2. The second kappa shape index (κ2) is 13.1. The van der Waals surface area contributed by atoms with E-state index in [1.165, 1.54) is 53.1 Å². The highest BCUT2D eigenvalue weighted by atomic mass is 32.1. The first-order chi connectivity index (χ1) is 28.8. The topological polar surface area (TPSA) is 21.3 Å². The Morgan fingerprint density at radius 2 is 0.948 bits per heavy atom. The van der Waals surface area contributed by atoms with Gasteiger partial charge in [0.2, 0.25) is 0 Å². The van der Waals surface area contributed by atoms with Gasteiger partial charge in [-0.15, -0.1) is 11.3 Å². The molecule has 0 aliphatic heterocycles. The summed E-state index contributed by atoms with van der Waals surface area (Å²) >= 11 is 1.86. The van der Waals surface area contributed by atoms with Crippen molar-refractivity contribution < 1.29 is 4.42 Å². The molecule has 0 aliphatic carbocycles. The minimum Gasteiger partial charge on any atom is -0.455 e. The summed E-state index contributed by atoms with van der Waals surface area (Å²) in [6.07, 6.45) is 0. The normalized spacial score (nSPS) is 11.8. The van der Waals surface area contributed by atoms with Crippen LogP contribution in [0.5, 0.6) is 0 Å². The molecule has 9 aromatic carbocycles. The molecular formula is C54H34N2OS. The fourth-order valence-corrected chi connectivity index (χ4v) is 10.1. The van der Waals surface area contributed by atoms with Gasteiger partial charge in [-0.1, -0.05) is 127 Å². The molecule has 3 aromatic heterocycles. The molecule has 58 heavy (non-hydrogen) atoms. The smallest absolute Gasteiger partial charge is 0.143 e. The van der Waals surface area contributed by atoms with Crippen LogP contribution < -0.4 is 4.90 Å². The van der Waals surface area contributed by atoms with Gasteiger partial charge in [-0.25, -0.2) is 0 Å². The SMILES string of the molecule is c1ccc(N(c2ccc(-c3cc(-n4c5ccccc5c5ccccc54)cc4c3oc3ccccc34)cc2)c2ccc(-c3cccc4sc5ccccc5c34)cc2)cc1. The van der Waals surface area contributed by atoms with E-state index in [9.17, 15) is 0 Å². The first kappa shape index (κ1) is 32.8. The summed E-state index contributed by atoms with van der Waals surface area (Å²) in [5.41, 5.74) is 13.1. The largest absolute Gasteiger partial charge is 0.455 e. The van der Waals surface area contributed by atoms with Crippen LogP contribution in [0.15, 0.2) is 211 Å². The van der Waals surface area contributed by atoms with Crippen LogP contribution in [-0.2, 0) is 0 Å². The number of nitrogens with zero attached hydrogens (tertiary/aromatic N) is 2. The number of fused-ring (bicyclic) bond motifs is 9. The van der Waals surface area contributed by atoms with Gasteiger partial charge in [-0.2, -0.15) is 0 Å². The number of anilines is 3. The molecule has 0 spiro atoms. The first-order valence-electron chi connectivity index (χ1n) is 19.7. The maximum Gasteiger partial charge on any atom is 0.143 e. The highest BCUT2D eigenvalue weighted by molar-refractivity contribution is 7.25. The van der Waals surface area contributed by atoms with Crippen LogP contribution >= 0.6 is 11.3 Å². The molecule has 272 valence electrons. The Bertz CT molecular complexity index is 3450. The summed E-state index contributed by atoms with van der Waals surface area (Å²) < 4.78 is 11.7. The minimum absolute atomic E-state index is 0.886. The molecule has 0 unspecified atom stereocenters. The molecular weight excluding hydrogens is 725 g/mol. The molecule has 3 nitrogen and oxygen atoms in total. The van der Waals surface area contributed by atoms with Crippen molar-refractivity contribution in [3.05, 3.63) is 206 Å². The van der Waals surface area contributed by atoms with Crippen molar-refractivity contribution in [3.8, 4) is 27.9 Å². The second-order valence-corrected chi connectivity index (χ2v) is 16.0. The van der Waals surface area contributed by atoms with Crippen molar-refractivity contribution in [3.63, 3.8) is 0 Å². The van der Waals surface area contributed by atoms with Crippen molar-refractivity contribution in [2.75, 3.05) is 4.90 Å². The predicted octanol–water partition coefficient (Wildman–Crippen LogP) is 15.9. The fourth-order valence-electron chi connectivity index (χ4n) is 8.98. The highest BCUT2D eigenvalue weighted by Gasteiger charge is 2.20. The van der Waals surface area contributed by atoms with E-state index in [-0.39, 0.29) is 0 Å². The Kier molecular flexibility index (Phi) is 7.40. The van der Waals surface area contributed by atoms with E-state index in [1.807, 2.05) is 17.4 Å². The van der Waals surface area contributed by atoms with Crippen molar-refractivity contribution >= 4 is 92.3 Å². The van der Waals surface area contributed by atoms with Gasteiger partial charge in [0.15, 0.2) is 0 Å². The molecule has 12 rings (SSSR count). The Balaban J connectivity index is 0.988. The summed E-state index contributed by atoms with van der Waals surface area (Å²) in [6.45, 7) is 0. The molecule has 0 radical (unpaired) electrons. The Morgan fingerprint density at radius 1 is 0.397 bits per heavy atom. The number of hydrogen-bond donors (Lipinski definition) is 0. The molecule has 3 heterocycles. The number of furan rings is 1. The van der Waals surface area contributed by atoms with Crippen LogP contribution in [0, 0.1) is 0 Å². The lowest BCUT2D eigenvalue weighted by molar-refractivity contribution is 0.670. The van der Waals surface area contributed by atoms with Crippen LogP contribution in [-0.4, -0.2) is 4.57 Å². The standard InChI is InChI=1S/C54H34N2OS/c1-2-13-37(14-3-1)55(38-29-25-35(26-30-38)41-19-12-24-52-53(41)45-18-7-11-23-51(45)58-52)39-31-27-36(28-32-39)46-33-40(34-47-44-17-6-10-22-50(44)57-54(46)47)56-48-20-8-4-15-42(48)43-16-5-9-21-49(43)56/h1-34H. The summed E-state index contributed by atoms with van der Waals surface area (Å²) in [6, 6.07) is 74.3. The molecule has 0 bridgehead atoms. The number of thiophene rings is 1. The molecule has 0 aliphatic rings. The van der Waals surface area contributed by atoms with Gasteiger partial charge < -0.3 is 13.9 Å². The summed E-state index contributed by atoms with van der Waals surface area (Å²) in [5.74, 6) is 0. The molecule has 0 saturated heterocycles. The van der Waals surface area contributed by atoms with E-state index in [0.717, 1.165) is 55.8 Å². The van der Waals surface area contributed by atoms with E-state index < -0.39 is 0 Å². The van der Waals surface area contributed by atoms with E-state index in [2.05, 4.69) is 210 Å². The van der Waals surface area contributed by atoms with Crippen molar-refractivity contribution in [2.45, 2.75) is 0 Å². The maximum absolute atomic E-state index is 6.68. The van der Waals surface area contributed by atoms with Crippen molar-refractivity contribution in [2.24, 2.45) is 0 Å². The second-order valence-electron chi connectivity index (χ2n) is 14.9. The summed E-state index contributed by atoms with van der Waals surface area (Å²) in [4.78, 5) is 2.33. The third-order valence-electron chi connectivity index (χ3n) is 11.6. The predicted molar refractivity (Wildman–Crippen MR) is 247 cm³/mol. The number of rotatable bonds is 6. The van der Waals surface area contributed by atoms with Gasteiger partial charge in [-0.05, 0) is 95.6 Å². The fraction of sp³-hybridized carbons (Fsp3) is 0. The molecule has 12 aromatic rings. The molecule has 0 N–H and O–H groups in total. The summed E-state index contributed by atoms with van der Waals surface area (Å²) in [5, 5.41) is 7.34. The molecule has 4 heteroatoms. The number of aromatic nitrogens is 1. The number of benzene rings is 9. The molecule has 0 atom stereocenters. The van der Waals surface area contributed by atoms with Gasteiger partial charge in [0.1, 0.15) is 11.2 Å². The number of hydrogen-bond acceptors (Lipinski definition) is 3. The monoisotopic (exact) mass is 758 g/mol. The van der Waals surface area contributed by atoms with Gasteiger partial charge in [0.05, 0.1) is 11.0 Å². The van der Waals surface area contributed by atoms with E-state index in [1.54, 1.807) is 0 Å². The quantitative estimate of drug-likeness (QED) is 0.168. The Hall–Kier alpha value is -7.40. The first-order valence-corrected chi connectivity index (χ1v) is 20.5. The van der Waals surface area contributed by atoms with Gasteiger partial charge in [-0.3, -0.25) is 0 Å².